The Hall–Kier alpha value is -1.93. The number of carboxylic acids is 1. The molecule has 0 aliphatic rings. The monoisotopic (exact) mass is 342 g/mol. The van der Waals surface area contributed by atoms with E-state index in [9.17, 15) is 18.0 Å². The Morgan fingerprint density at radius 3 is 2.13 bits per heavy atom. The fourth-order valence-electron chi connectivity index (χ4n) is 1.95. The van der Waals surface area contributed by atoms with Gasteiger partial charge in [0.1, 0.15) is 0 Å². The molecule has 0 saturated heterocycles. The molecule has 0 heterocycles. The molecule has 0 aliphatic heterocycles. The summed E-state index contributed by atoms with van der Waals surface area (Å²) in [5, 5.41) is 8.87. The standard InChI is InChI=1S/C15H22N2O5S/c1-10(2)16-23(21,22)13-7-5-12(6-8-13)14(18)17(4)9-11(3)15(19)20/h5-8,10-11,16H,9H2,1-4H3,(H,19,20). The van der Waals surface area contributed by atoms with Gasteiger partial charge in [-0.15, -0.1) is 0 Å². The Morgan fingerprint density at radius 1 is 1.17 bits per heavy atom. The number of nitrogens with one attached hydrogen (secondary N) is 1. The van der Waals surface area contributed by atoms with E-state index in [1.165, 1.54) is 43.1 Å². The quantitative estimate of drug-likeness (QED) is 0.774. The molecule has 1 amide bonds. The van der Waals surface area contributed by atoms with Crippen molar-refractivity contribution in [3.63, 3.8) is 0 Å². The Morgan fingerprint density at radius 2 is 1.70 bits per heavy atom. The summed E-state index contributed by atoms with van der Waals surface area (Å²) in [6.07, 6.45) is 0. The van der Waals surface area contributed by atoms with E-state index < -0.39 is 21.9 Å². The van der Waals surface area contributed by atoms with Gasteiger partial charge in [0.2, 0.25) is 10.0 Å². The molecule has 0 fully saturated rings. The highest BCUT2D eigenvalue weighted by molar-refractivity contribution is 7.89. The summed E-state index contributed by atoms with van der Waals surface area (Å²) < 4.78 is 26.5. The van der Waals surface area contributed by atoms with Crippen LogP contribution in [0.2, 0.25) is 0 Å². The first-order valence-corrected chi connectivity index (χ1v) is 8.63. The minimum atomic E-state index is -3.61. The fourth-order valence-corrected chi connectivity index (χ4v) is 3.20. The summed E-state index contributed by atoms with van der Waals surface area (Å²) in [6.45, 7) is 5.02. The number of amides is 1. The first-order valence-electron chi connectivity index (χ1n) is 7.15. The third-order valence-electron chi connectivity index (χ3n) is 3.12. The number of benzene rings is 1. The Kier molecular flexibility index (Phi) is 6.28. The zero-order chi connectivity index (χ0) is 17.8. The van der Waals surface area contributed by atoms with E-state index in [0.29, 0.717) is 5.56 Å². The first-order chi connectivity index (χ1) is 10.5. The lowest BCUT2D eigenvalue weighted by molar-refractivity contribution is -0.141. The largest absolute Gasteiger partial charge is 0.481 e. The molecule has 0 bridgehead atoms. The Bertz CT molecular complexity index is 668. The molecule has 0 saturated carbocycles. The fraction of sp³-hybridized carbons (Fsp3) is 0.467. The molecule has 1 aromatic rings. The van der Waals surface area contributed by atoms with E-state index >= 15 is 0 Å². The van der Waals surface area contributed by atoms with Crippen LogP contribution >= 0.6 is 0 Å². The molecule has 8 heteroatoms. The van der Waals surface area contributed by atoms with Crippen LogP contribution < -0.4 is 4.72 Å². The van der Waals surface area contributed by atoms with Crippen LogP contribution in [-0.4, -0.2) is 49.9 Å². The van der Waals surface area contributed by atoms with Crippen molar-refractivity contribution >= 4 is 21.9 Å². The molecule has 0 radical (unpaired) electrons. The highest BCUT2D eigenvalue weighted by Gasteiger charge is 2.20. The van der Waals surface area contributed by atoms with Crippen molar-refractivity contribution in [1.29, 1.82) is 0 Å². The number of hydrogen-bond donors (Lipinski definition) is 2. The predicted molar refractivity (Wildman–Crippen MR) is 85.7 cm³/mol. The second kappa shape index (κ2) is 7.56. The molecule has 23 heavy (non-hydrogen) atoms. The van der Waals surface area contributed by atoms with E-state index in [-0.39, 0.29) is 23.4 Å². The van der Waals surface area contributed by atoms with Crippen LogP contribution in [0.1, 0.15) is 31.1 Å². The van der Waals surface area contributed by atoms with Crippen molar-refractivity contribution in [3.05, 3.63) is 29.8 Å². The molecule has 0 aromatic heterocycles. The molecule has 1 atom stereocenters. The van der Waals surface area contributed by atoms with Crippen molar-refractivity contribution in [2.45, 2.75) is 31.7 Å². The van der Waals surface area contributed by atoms with E-state index in [4.69, 9.17) is 5.11 Å². The van der Waals surface area contributed by atoms with Gasteiger partial charge in [0, 0.05) is 25.2 Å². The maximum absolute atomic E-state index is 12.2. The maximum atomic E-state index is 12.2. The van der Waals surface area contributed by atoms with Crippen LogP contribution in [0.3, 0.4) is 0 Å². The molecule has 7 nitrogen and oxygen atoms in total. The molecule has 0 spiro atoms. The zero-order valence-corrected chi connectivity index (χ0v) is 14.4. The van der Waals surface area contributed by atoms with E-state index in [1.807, 2.05) is 0 Å². The van der Waals surface area contributed by atoms with Gasteiger partial charge in [-0.25, -0.2) is 13.1 Å². The van der Waals surface area contributed by atoms with Gasteiger partial charge in [-0.1, -0.05) is 6.92 Å². The molecule has 2 N–H and O–H groups in total. The SMILES string of the molecule is CC(C)NS(=O)(=O)c1ccc(C(=O)N(C)CC(C)C(=O)O)cc1. The Balaban J connectivity index is 2.88. The van der Waals surface area contributed by atoms with Crippen LogP contribution in [-0.2, 0) is 14.8 Å². The highest BCUT2D eigenvalue weighted by atomic mass is 32.2. The number of sulfonamides is 1. The summed E-state index contributed by atoms with van der Waals surface area (Å²) in [5.41, 5.74) is 0.300. The zero-order valence-electron chi connectivity index (χ0n) is 13.6. The molecule has 128 valence electrons. The number of carboxylic acid groups (broad SMARTS) is 1. The number of carbonyl (C=O) groups is 2. The molecule has 1 aromatic carbocycles. The van der Waals surface area contributed by atoms with Crippen LogP contribution in [0.5, 0.6) is 0 Å². The van der Waals surface area contributed by atoms with Gasteiger partial charge >= 0.3 is 5.97 Å². The second-order valence-electron chi connectivity index (χ2n) is 5.73. The van der Waals surface area contributed by atoms with E-state index in [1.54, 1.807) is 13.8 Å². The number of rotatable bonds is 7. The van der Waals surface area contributed by atoms with Gasteiger partial charge in [-0.3, -0.25) is 9.59 Å². The molecule has 0 aliphatic carbocycles. The summed E-state index contributed by atoms with van der Waals surface area (Å²) in [4.78, 5) is 24.4. The van der Waals surface area contributed by atoms with Crippen molar-refractivity contribution in [1.82, 2.24) is 9.62 Å². The van der Waals surface area contributed by atoms with Crippen molar-refractivity contribution in [3.8, 4) is 0 Å². The lowest BCUT2D eigenvalue weighted by atomic mass is 10.1. The number of carbonyl (C=O) groups excluding carboxylic acids is 1. The van der Waals surface area contributed by atoms with Crippen molar-refractivity contribution < 1.29 is 23.1 Å². The van der Waals surface area contributed by atoms with Gasteiger partial charge in [0.25, 0.3) is 5.91 Å². The van der Waals surface area contributed by atoms with E-state index in [2.05, 4.69) is 4.72 Å². The normalized spacial score (nSPS) is 12.9. The lowest BCUT2D eigenvalue weighted by Crippen LogP contribution is -2.33. The summed E-state index contributed by atoms with van der Waals surface area (Å²) in [7, 11) is -2.10. The maximum Gasteiger partial charge on any atom is 0.308 e. The summed E-state index contributed by atoms with van der Waals surface area (Å²) in [5.74, 6) is -2.02. The number of aliphatic carboxylic acids is 1. The predicted octanol–water partition coefficient (Wildman–Crippen LogP) is 1.17. The van der Waals surface area contributed by atoms with Gasteiger partial charge in [0.05, 0.1) is 10.8 Å². The first kappa shape index (κ1) is 19.1. The molecule has 1 unspecified atom stereocenters. The minimum absolute atomic E-state index is 0.0725. The Labute approximate surface area is 136 Å². The molecular weight excluding hydrogens is 320 g/mol. The second-order valence-corrected chi connectivity index (χ2v) is 7.44. The van der Waals surface area contributed by atoms with Crippen molar-refractivity contribution in [2.24, 2.45) is 5.92 Å². The van der Waals surface area contributed by atoms with Crippen LogP contribution in [0.25, 0.3) is 0 Å². The minimum Gasteiger partial charge on any atom is -0.481 e. The average Bonchev–Trinajstić information content (AvgIpc) is 2.45. The van der Waals surface area contributed by atoms with Crippen LogP contribution in [0.15, 0.2) is 29.2 Å². The summed E-state index contributed by atoms with van der Waals surface area (Å²) >= 11 is 0. The van der Waals surface area contributed by atoms with Crippen LogP contribution in [0.4, 0.5) is 0 Å². The van der Waals surface area contributed by atoms with Gasteiger partial charge < -0.3 is 10.0 Å². The number of nitrogens with zero attached hydrogens (tertiary/aromatic N) is 1. The van der Waals surface area contributed by atoms with E-state index in [0.717, 1.165) is 0 Å². The van der Waals surface area contributed by atoms with Crippen LogP contribution in [0, 0.1) is 5.92 Å². The van der Waals surface area contributed by atoms with Gasteiger partial charge in [-0.2, -0.15) is 0 Å². The molecule has 1 rings (SSSR count). The third kappa shape index (κ3) is 5.33. The smallest absolute Gasteiger partial charge is 0.308 e. The highest BCUT2D eigenvalue weighted by Crippen LogP contribution is 2.13. The van der Waals surface area contributed by atoms with Crippen molar-refractivity contribution in [2.75, 3.05) is 13.6 Å². The third-order valence-corrected chi connectivity index (χ3v) is 4.79. The summed E-state index contributed by atoms with van der Waals surface area (Å²) in [6, 6.07) is 5.31. The number of hydrogen-bond acceptors (Lipinski definition) is 4. The van der Waals surface area contributed by atoms with Gasteiger partial charge in [0.15, 0.2) is 0 Å². The average molecular weight is 342 g/mol. The topological polar surface area (TPSA) is 104 Å². The lowest BCUT2D eigenvalue weighted by Gasteiger charge is -2.19. The van der Waals surface area contributed by atoms with Gasteiger partial charge in [-0.05, 0) is 38.1 Å². The molecular formula is C15H22N2O5S.